The molecule has 0 aliphatic heterocycles. The monoisotopic (exact) mass is 267 g/mol. The number of rotatable bonds is 8. The highest BCUT2D eigenvalue weighted by Gasteiger charge is 2.10. The van der Waals surface area contributed by atoms with Crippen molar-refractivity contribution in [3.8, 4) is 0 Å². The van der Waals surface area contributed by atoms with Gasteiger partial charge in [0, 0.05) is 32.1 Å². The highest BCUT2D eigenvalue weighted by atomic mass is 16.2. The van der Waals surface area contributed by atoms with Crippen molar-refractivity contribution in [3.05, 3.63) is 12.2 Å². The third-order valence-corrected chi connectivity index (χ3v) is 3.05. The first-order valence-electron chi connectivity index (χ1n) is 6.97. The van der Waals surface area contributed by atoms with Crippen molar-refractivity contribution < 1.29 is 4.79 Å². The lowest BCUT2D eigenvalue weighted by molar-refractivity contribution is -0.130. The normalized spacial score (nSPS) is 11.0. The number of carbonyl (C=O) groups is 1. The number of carbonyl (C=O) groups excluding carboxylic acids is 1. The first-order valence-corrected chi connectivity index (χ1v) is 6.97. The van der Waals surface area contributed by atoms with Gasteiger partial charge in [-0.25, -0.2) is 9.67 Å². The van der Waals surface area contributed by atoms with Gasteiger partial charge in [0.05, 0.1) is 6.54 Å². The Morgan fingerprint density at radius 1 is 1.42 bits per heavy atom. The fraction of sp³-hybridized carbons (Fsp3) is 0.769. The Kier molecular flexibility index (Phi) is 6.49. The third kappa shape index (κ3) is 4.63. The van der Waals surface area contributed by atoms with Crippen molar-refractivity contribution in [1.29, 1.82) is 0 Å². The summed E-state index contributed by atoms with van der Waals surface area (Å²) in [5.41, 5.74) is 0. The molecule has 0 atom stereocenters. The first-order chi connectivity index (χ1) is 9.10. The highest BCUT2D eigenvalue weighted by molar-refractivity contribution is 5.76. The number of amides is 1. The van der Waals surface area contributed by atoms with Crippen molar-refractivity contribution in [1.82, 2.24) is 25.0 Å². The zero-order valence-corrected chi connectivity index (χ0v) is 12.4. The number of nitrogens with one attached hydrogen (secondary N) is 1. The molecule has 1 heterocycles. The summed E-state index contributed by atoms with van der Waals surface area (Å²) < 4.78 is 1.89. The van der Waals surface area contributed by atoms with Gasteiger partial charge < -0.3 is 10.2 Å². The van der Waals surface area contributed by atoms with Crippen molar-refractivity contribution in [3.63, 3.8) is 0 Å². The van der Waals surface area contributed by atoms with Gasteiger partial charge >= 0.3 is 0 Å². The lowest BCUT2D eigenvalue weighted by Gasteiger charge is -2.18. The molecule has 0 saturated heterocycles. The van der Waals surface area contributed by atoms with Crippen LogP contribution in [-0.2, 0) is 11.3 Å². The summed E-state index contributed by atoms with van der Waals surface area (Å²) in [4.78, 5) is 17.9. The molecule has 0 fully saturated rings. The van der Waals surface area contributed by atoms with Gasteiger partial charge in [-0.1, -0.05) is 0 Å². The van der Waals surface area contributed by atoms with Crippen LogP contribution in [0.15, 0.2) is 6.33 Å². The molecule has 6 nitrogen and oxygen atoms in total. The van der Waals surface area contributed by atoms with Gasteiger partial charge in [0.2, 0.25) is 5.91 Å². The quantitative estimate of drug-likeness (QED) is 0.719. The predicted molar refractivity (Wildman–Crippen MR) is 74.7 cm³/mol. The molecule has 0 unspecified atom stereocenters. The minimum absolute atomic E-state index is 0.197. The van der Waals surface area contributed by atoms with Gasteiger partial charge in [-0.3, -0.25) is 4.79 Å². The van der Waals surface area contributed by atoms with Crippen LogP contribution in [0, 0.1) is 0 Å². The molecule has 1 aromatic heterocycles. The van der Waals surface area contributed by atoms with Crippen LogP contribution in [0.2, 0.25) is 0 Å². The minimum Gasteiger partial charge on any atom is -0.343 e. The van der Waals surface area contributed by atoms with E-state index in [1.54, 1.807) is 6.33 Å². The predicted octanol–water partition coefficient (Wildman–Crippen LogP) is 1.21. The summed E-state index contributed by atoms with van der Waals surface area (Å²) in [5.74, 6) is 1.10. The zero-order chi connectivity index (χ0) is 14.3. The molecule has 1 N–H and O–H groups in total. The van der Waals surface area contributed by atoms with Crippen LogP contribution < -0.4 is 5.32 Å². The maximum absolute atomic E-state index is 11.8. The Morgan fingerprint density at radius 3 is 2.68 bits per heavy atom. The maximum Gasteiger partial charge on any atom is 0.223 e. The smallest absolute Gasteiger partial charge is 0.223 e. The van der Waals surface area contributed by atoms with E-state index in [2.05, 4.69) is 29.2 Å². The minimum atomic E-state index is 0.197. The largest absolute Gasteiger partial charge is 0.343 e. The first kappa shape index (κ1) is 15.6. The van der Waals surface area contributed by atoms with Crippen LogP contribution in [0.3, 0.4) is 0 Å². The fourth-order valence-electron chi connectivity index (χ4n) is 1.96. The Morgan fingerprint density at radius 2 is 2.11 bits per heavy atom. The van der Waals surface area contributed by atoms with Crippen molar-refractivity contribution >= 4 is 5.91 Å². The molecule has 0 spiro atoms. The molecule has 0 aliphatic carbocycles. The van der Waals surface area contributed by atoms with E-state index in [9.17, 15) is 4.79 Å². The summed E-state index contributed by atoms with van der Waals surface area (Å²) in [5, 5.41) is 7.42. The average Bonchev–Trinajstić information content (AvgIpc) is 2.84. The number of hydrogen-bond donors (Lipinski definition) is 1. The van der Waals surface area contributed by atoms with Crippen molar-refractivity contribution in [2.75, 3.05) is 19.6 Å². The number of aromatic nitrogens is 3. The molecule has 0 saturated carbocycles. The van der Waals surface area contributed by atoms with Gasteiger partial charge in [-0.2, -0.15) is 5.10 Å². The second kappa shape index (κ2) is 7.89. The highest BCUT2D eigenvalue weighted by Crippen LogP contribution is 2.04. The van der Waals surface area contributed by atoms with Crippen LogP contribution in [0.5, 0.6) is 0 Å². The van der Waals surface area contributed by atoms with Crippen LogP contribution in [0.25, 0.3) is 0 Å². The second-order valence-corrected chi connectivity index (χ2v) is 4.71. The van der Waals surface area contributed by atoms with E-state index in [-0.39, 0.29) is 5.91 Å². The topological polar surface area (TPSA) is 63.1 Å². The zero-order valence-electron chi connectivity index (χ0n) is 12.4. The second-order valence-electron chi connectivity index (χ2n) is 4.71. The van der Waals surface area contributed by atoms with Crippen LogP contribution in [-0.4, -0.2) is 45.2 Å². The van der Waals surface area contributed by atoms with Crippen LogP contribution in [0.1, 0.15) is 46.0 Å². The van der Waals surface area contributed by atoms with E-state index in [0.717, 1.165) is 18.9 Å². The van der Waals surface area contributed by atoms with E-state index in [1.807, 2.05) is 23.4 Å². The van der Waals surface area contributed by atoms with Gasteiger partial charge in [0.15, 0.2) is 0 Å². The molecule has 108 valence electrons. The molecule has 0 bridgehead atoms. The van der Waals surface area contributed by atoms with Crippen molar-refractivity contribution in [2.45, 2.75) is 46.7 Å². The summed E-state index contributed by atoms with van der Waals surface area (Å²) >= 11 is 0. The Bertz CT molecular complexity index is 384. The molecular weight excluding hydrogens is 242 g/mol. The van der Waals surface area contributed by atoms with Crippen LogP contribution in [0.4, 0.5) is 0 Å². The maximum atomic E-state index is 11.8. The lowest BCUT2D eigenvalue weighted by atomic mass is 10.3. The fourth-order valence-corrected chi connectivity index (χ4v) is 1.96. The van der Waals surface area contributed by atoms with E-state index in [1.165, 1.54) is 0 Å². The Balaban J connectivity index is 2.31. The molecule has 1 aromatic rings. The summed E-state index contributed by atoms with van der Waals surface area (Å²) in [6, 6.07) is 0.302. The number of hydrogen-bond acceptors (Lipinski definition) is 4. The number of nitrogens with zero attached hydrogens (tertiary/aromatic N) is 4. The molecule has 1 rings (SSSR count). The summed E-state index contributed by atoms with van der Waals surface area (Å²) in [6.07, 6.45) is 2.09. The van der Waals surface area contributed by atoms with Gasteiger partial charge in [-0.05, 0) is 27.7 Å². The SMILES string of the molecule is CCN(CC)C(=O)CCNCc1ncnn1C(C)C. The Hall–Kier alpha value is -1.43. The van der Waals surface area contributed by atoms with Crippen LogP contribution >= 0.6 is 0 Å². The molecular formula is C13H25N5O. The molecule has 0 aromatic carbocycles. The van der Waals surface area contributed by atoms with Crippen molar-refractivity contribution in [2.24, 2.45) is 0 Å². The van der Waals surface area contributed by atoms with Gasteiger partial charge in [-0.15, -0.1) is 0 Å². The molecule has 6 heteroatoms. The molecule has 1 amide bonds. The van der Waals surface area contributed by atoms with E-state index in [0.29, 0.717) is 25.6 Å². The van der Waals surface area contributed by atoms with E-state index in [4.69, 9.17) is 0 Å². The standard InChI is InChI=1S/C13H25N5O/c1-5-17(6-2)13(19)7-8-14-9-12-15-10-16-18(12)11(3)4/h10-11,14H,5-9H2,1-4H3. The molecule has 0 aliphatic rings. The molecule has 19 heavy (non-hydrogen) atoms. The van der Waals surface area contributed by atoms with E-state index >= 15 is 0 Å². The van der Waals surface area contributed by atoms with E-state index < -0.39 is 0 Å². The average molecular weight is 267 g/mol. The Labute approximate surface area is 115 Å². The summed E-state index contributed by atoms with van der Waals surface area (Å²) in [6.45, 7) is 11.0. The van der Waals surface area contributed by atoms with Gasteiger partial charge in [0.1, 0.15) is 12.2 Å². The lowest BCUT2D eigenvalue weighted by Crippen LogP contribution is -2.33. The third-order valence-electron chi connectivity index (χ3n) is 3.05. The van der Waals surface area contributed by atoms with Gasteiger partial charge in [0.25, 0.3) is 0 Å². The molecule has 0 radical (unpaired) electrons. The summed E-state index contributed by atoms with van der Waals surface area (Å²) in [7, 11) is 0.